The van der Waals surface area contributed by atoms with Gasteiger partial charge in [0.15, 0.2) is 0 Å². The van der Waals surface area contributed by atoms with Crippen molar-refractivity contribution in [2.75, 3.05) is 12.0 Å². The number of H-pyrrole nitrogens is 1. The van der Waals surface area contributed by atoms with Crippen molar-refractivity contribution in [2.45, 2.75) is 31.3 Å². The normalized spacial score (nSPS) is 22.7. The minimum atomic E-state index is -0.535. The summed E-state index contributed by atoms with van der Waals surface area (Å²) in [6.45, 7) is 1.97. The molecule has 3 N–H and O–H groups in total. The van der Waals surface area contributed by atoms with E-state index >= 15 is 0 Å². The van der Waals surface area contributed by atoms with Gasteiger partial charge < -0.3 is 15.6 Å². The van der Waals surface area contributed by atoms with Crippen LogP contribution in [-0.2, 0) is 9.59 Å². The van der Waals surface area contributed by atoms with E-state index in [0.29, 0.717) is 6.42 Å². The lowest BCUT2D eigenvalue weighted by molar-refractivity contribution is -0.137. The van der Waals surface area contributed by atoms with Crippen molar-refractivity contribution >= 4 is 34.5 Å². The number of fused-ring (bicyclic) bond motifs is 1. The molecular weight excluding hydrogens is 310 g/mol. The van der Waals surface area contributed by atoms with E-state index in [4.69, 9.17) is 0 Å². The van der Waals surface area contributed by atoms with Gasteiger partial charge in [-0.1, -0.05) is 25.1 Å². The summed E-state index contributed by atoms with van der Waals surface area (Å²) in [6, 6.07) is 7.03. The molecule has 3 rings (SSSR count). The van der Waals surface area contributed by atoms with E-state index < -0.39 is 12.1 Å². The van der Waals surface area contributed by atoms with Gasteiger partial charge in [-0.2, -0.15) is 11.8 Å². The Hall–Kier alpha value is -1.95. The van der Waals surface area contributed by atoms with E-state index in [-0.39, 0.29) is 17.7 Å². The Morgan fingerprint density at radius 2 is 1.96 bits per heavy atom. The standard InChI is InChI=1S/C17H21N3O2S/c1-10(12-9-18-13-6-4-3-5-11(12)13)15-17(22)19-14(7-8-23-2)16(21)20-15/h3-6,9-10,14-15,18H,7-8H2,1-2H3,(H,19,22)(H,20,21)/t10?,14-,15+/m0/s1. The highest BCUT2D eigenvalue weighted by Gasteiger charge is 2.37. The smallest absolute Gasteiger partial charge is 0.243 e. The lowest BCUT2D eigenvalue weighted by atomic mass is 9.90. The lowest BCUT2D eigenvalue weighted by Crippen LogP contribution is -2.63. The zero-order valence-electron chi connectivity index (χ0n) is 13.3. The van der Waals surface area contributed by atoms with Crippen molar-refractivity contribution in [3.05, 3.63) is 36.0 Å². The Kier molecular flexibility index (Phi) is 4.61. The summed E-state index contributed by atoms with van der Waals surface area (Å²) in [6.07, 6.45) is 4.58. The first kappa shape index (κ1) is 15.9. The number of carbonyl (C=O) groups is 2. The second kappa shape index (κ2) is 6.66. The molecule has 1 aromatic carbocycles. The van der Waals surface area contributed by atoms with Crippen LogP contribution in [0.3, 0.4) is 0 Å². The van der Waals surface area contributed by atoms with Crippen LogP contribution < -0.4 is 10.6 Å². The molecule has 1 saturated heterocycles. The van der Waals surface area contributed by atoms with E-state index in [1.165, 1.54) is 0 Å². The van der Waals surface area contributed by atoms with Crippen LogP contribution in [0.4, 0.5) is 0 Å². The number of hydrogen-bond donors (Lipinski definition) is 3. The highest BCUT2D eigenvalue weighted by atomic mass is 32.2. The molecule has 0 saturated carbocycles. The van der Waals surface area contributed by atoms with Gasteiger partial charge in [0.25, 0.3) is 0 Å². The fourth-order valence-corrected chi connectivity index (χ4v) is 3.56. The summed E-state index contributed by atoms with van der Waals surface area (Å²) in [4.78, 5) is 27.9. The molecule has 1 aliphatic heterocycles. The van der Waals surface area contributed by atoms with Crippen LogP contribution >= 0.6 is 11.8 Å². The number of benzene rings is 1. The van der Waals surface area contributed by atoms with E-state index in [0.717, 1.165) is 22.2 Å². The molecule has 0 bridgehead atoms. The molecule has 0 radical (unpaired) electrons. The van der Waals surface area contributed by atoms with Gasteiger partial charge in [0.1, 0.15) is 12.1 Å². The largest absolute Gasteiger partial charge is 0.361 e. The second-order valence-electron chi connectivity index (χ2n) is 5.91. The van der Waals surface area contributed by atoms with Crippen LogP contribution in [0.2, 0.25) is 0 Å². The predicted molar refractivity (Wildman–Crippen MR) is 93.6 cm³/mol. The number of hydrogen-bond acceptors (Lipinski definition) is 3. The molecule has 5 nitrogen and oxygen atoms in total. The number of nitrogens with one attached hydrogen (secondary N) is 3. The minimum Gasteiger partial charge on any atom is -0.361 e. The quantitative estimate of drug-likeness (QED) is 0.784. The van der Waals surface area contributed by atoms with E-state index in [1.54, 1.807) is 11.8 Å². The highest BCUT2D eigenvalue weighted by Crippen LogP contribution is 2.28. The van der Waals surface area contributed by atoms with Crippen LogP contribution in [0, 0.1) is 0 Å². The monoisotopic (exact) mass is 331 g/mol. The van der Waals surface area contributed by atoms with Gasteiger partial charge >= 0.3 is 0 Å². The highest BCUT2D eigenvalue weighted by molar-refractivity contribution is 7.98. The summed E-state index contributed by atoms with van der Waals surface area (Å²) in [5.74, 6) is 0.557. The number of aromatic nitrogens is 1. The molecule has 2 heterocycles. The van der Waals surface area contributed by atoms with Gasteiger partial charge in [0, 0.05) is 23.0 Å². The third-order valence-corrected chi connectivity index (χ3v) is 5.08. The summed E-state index contributed by atoms with van der Waals surface area (Å²) in [7, 11) is 0. The molecule has 6 heteroatoms. The topological polar surface area (TPSA) is 74.0 Å². The molecule has 0 aliphatic carbocycles. The maximum absolute atomic E-state index is 12.4. The summed E-state index contributed by atoms with van der Waals surface area (Å²) in [5.41, 5.74) is 2.08. The molecule has 2 aromatic rings. The Labute approximate surface area is 139 Å². The van der Waals surface area contributed by atoms with Crippen molar-refractivity contribution in [1.82, 2.24) is 15.6 Å². The van der Waals surface area contributed by atoms with E-state index in [2.05, 4.69) is 15.6 Å². The second-order valence-corrected chi connectivity index (χ2v) is 6.89. The Morgan fingerprint density at radius 3 is 2.74 bits per heavy atom. The van der Waals surface area contributed by atoms with Crippen LogP contribution in [0.1, 0.15) is 24.8 Å². The van der Waals surface area contributed by atoms with Crippen LogP contribution in [0.25, 0.3) is 10.9 Å². The third-order valence-electron chi connectivity index (χ3n) is 4.44. The van der Waals surface area contributed by atoms with Crippen molar-refractivity contribution in [3.8, 4) is 0 Å². The van der Waals surface area contributed by atoms with Crippen molar-refractivity contribution in [1.29, 1.82) is 0 Å². The van der Waals surface area contributed by atoms with Crippen molar-refractivity contribution in [3.63, 3.8) is 0 Å². The fourth-order valence-electron chi connectivity index (χ4n) is 3.09. The molecule has 1 aliphatic rings. The van der Waals surface area contributed by atoms with E-state index in [9.17, 15) is 9.59 Å². The first-order valence-corrected chi connectivity index (χ1v) is 9.17. The Morgan fingerprint density at radius 1 is 1.17 bits per heavy atom. The van der Waals surface area contributed by atoms with Gasteiger partial charge in [-0.3, -0.25) is 9.59 Å². The Bertz CT molecular complexity index is 727. The number of thioether (sulfide) groups is 1. The molecule has 1 aromatic heterocycles. The molecular formula is C17H21N3O2S. The fraction of sp³-hybridized carbons (Fsp3) is 0.412. The number of para-hydroxylation sites is 1. The van der Waals surface area contributed by atoms with Gasteiger partial charge in [0.05, 0.1) is 0 Å². The summed E-state index contributed by atoms with van der Waals surface area (Å²) in [5, 5.41) is 6.86. The predicted octanol–water partition coefficient (Wildman–Crippen LogP) is 2.01. The molecule has 2 amide bonds. The number of piperazine rings is 1. The van der Waals surface area contributed by atoms with E-state index in [1.807, 2.05) is 43.6 Å². The third kappa shape index (κ3) is 3.08. The molecule has 122 valence electrons. The number of rotatable bonds is 5. The zero-order valence-corrected chi connectivity index (χ0v) is 14.1. The molecule has 3 atom stereocenters. The van der Waals surface area contributed by atoms with Gasteiger partial charge in [-0.15, -0.1) is 0 Å². The zero-order chi connectivity index (χ0) is 16.4. The van der Waals surface area contributed by atoms with Crippen LogP contribution in [0.15, 0.2) is 30.5 Å². The van der Waals surface area contributed by atoms with Crippen LogP contribution in [-0.4, -0.2) is 40.9 Å². The molecule has 0 spiro atoms. The molecule has 1 unspecified atom stereocenters. The first-order chi connectivity index (χ1) is 11.1. The average Bonchev–Trinajstić information content (AvgIpc) is 2.98. The molecule has 1 fully saturated rings. The maximum Gasteiger partial charge on any atom is 0.243 e. The first-order valence-electron chi connectivity index (χ1n) is 7.77. The van der Waals surface area contributed by atoms with Gasteiger partial charge in [0.2, 0.25) is 11.8 Å². The van der Waals surface area contributed by atoms with Gasteiger partial charge in [-0.05, 0) is 30.1 Å². The maximum atomic E-state index is 12.4. The van der Waals surface area contributed by atoms with Crippen LogP contribution in [0.5, 0.6) is 0 Å². The molecule has 23 heavy (non-hydrogen) atoms. The summed E-state index contributed by atoms with van der Waals surface area (Å²) >= 11 is 1.67. The Balaban J connectivity index is 1.79. The number of carbonyl (C=O) groups excluding carboxylic acids is 2. The van der Waals surface area contributed by atoms with Crippen molar-refractivity contribution in [2.24, 2.45) is 0 Å². The summed E-state index contributed by atoms with van der Waals surface area (Å²) < 4.78 is 0. The number of amides is 2. The lowest BCUT2D eigenvalue weighted by Gasteiger charge is -2.32. The average molecular weight is 331 g/mol. The number of aromatic amines is 1. The SMILES string of the molecule is CSCC[C@@H]1NC(=O)[C@@H](C(C)c2c[nH]c3ccccc23)NC1=O. The van der Waals surface area contributed by atoms with Gasteiger partial charge in [-0.25, -0.2) is 0 Å². The van der Waals surface area contributed by atoms with Crippen molar-refractivity contribution < 1.29 is 9.59 Å². The minimum absolute atomic E-state index is 0.0876.